The Balaban J connectivity index is 0.690. The fraction of sp³-hybridized carbons (Fsp3) is 0.0513. The molecule has 2 bridgehead atoms. The van der Waals surface area contributed by atoms with Crippen molar-refractivity contribution in [2.45, 2.75) is 11.8 Å². The Kier molecular flexibility index (Phi) is 11.9. The van der Waals surface area contributed by atoms with Gasteiger partial charge < -0.3 is 9.13 Å². The number of imidazole rings is 2. The van der Waals surface area contributed by atoms with E-state index in [1.54, 1.807) is 0 Å². The normalized spacial score (nSPS) is 13.8. The molecule has 11 aromatic carbocycles. The molecule has 0 radical (unpaired) electrons. The van der Waals surface area contributed by atoms with E-state index >= 15 is 0 Å². The fourth-order valence-electron chi connectivity index (χ4n) is 13.4. The van der Waals surface area contributed by atoms with Gasteiger partial charge in [-0.2, -0.15) is 0 Å². The van der Waals surface area contributed by atoms with Gasteiger partial charge in [-0.05, 0) is 92.0 Å². The molecule has 2 unspecified atom stereocenters. The highest BCUT2D eigenvalue weighted by Crippen LogP contribution is 2.57. The number of rotatable bonds is 10. The minimum absolute atomic E-state index is 0.0901. The number of nitrogens with zero attached hydrogens (tertiary/aromatic N) is 10. The molecule has 15 aromatic rings. The summed E-state index contributed by atoms with van der Waals surface area (Å²) in [5.41, 5.74) is 24.0. The summed E-state index contributed by atoms with van der Waals surface area (Å²) >= 11 is 0. The Morgan fingerprint density at radius 1 is 0.227 bits per heavy atom. The van der Waals surface area contributed by atoms with Crippen LogP contribution in [0.15, 0.2) is 267 Å². The van der Waals surface area contributed by atoms with Gasteiger partial charge in [-0.15, -0.1) is 0 Å². The monoisotopic (exact) mass is 1130 g/mol. The van der Waals surface area contributed by atoms with E-state index in [9.17, 15) is 0 Å². The number of para-hydroxylation sites is 4. The molecule has 0 amide bonds. The van der Waals surface area contributed by atoms with Gasteiger partial charge in [-0.3, -0.25) is 0 Å². The summed E-state index contributed by atoms with van der Waals surface area (Å²) in [6.45, 7) is 0. The molecule has 0 saturated carbocycles. The molecule has 4 aromatic heterocycles. The van der Waals surface area contributed by atoms with Gasteiger partial charge >= 0.3 is 0 Å². The Morgan fingerprint density at radius 2 is 0.523 bits per heavy atom. The first kappa shape index (κ1) is 50.9. The minimum Gasteiger partial charge on any atom is -0.327 e. The molecule has 4 heterocycles. The summed E-state index contributed by atoms with van der Waals surface area (Å²) < 4.78 is 4.27. The van der Waals surface area contributed by atoms with Crippen LogP contribution in [0, 0.1) is 0 Å². The van der Waals surface area contributed by atoms with E-state index in [1.807, 2.05) is 121 Å². The van der Waals surface area contributed by atoms with Gasteiger partial charge in [0.25, 0.3) is 0 Å². The Labute approximate surface area is 508 Å². The molecule has 0 N–H and O–H groups in total. The summed E-state index contributed by atoms with van der Waals surface area (Å²) in [7, 11) is 4.12. The molecule has 414 valence electrons. The van der Waals surface area contributed by atoms with E-state index in [0.29, 0.717) is 34.9 Å². The molecule has 10 nitrogen and oxygen atoms in total. The van der Waals surface area contributed by atoms with Gasteiger partial charge in [-0.25, -0.2) is 39.9 Å². The van der Waals surface area contributed by atoms with Crippen LogP contribution in [0.2, 0.25) is 0 Å². The van der Waals surface area contributed by atoms with E-state index in [-0.39, 0.29) is 11.8 Å². The van der Waals surface area contributed by atoms with Crippen LogP contribution in [0.25, 0.3) is 135 Å². The van der Waals surface area contributed by atoms with Crippen LogP contribution in [-0.4, -0.2) is 49.0 Å². The van der Waals surface area contributed by atoms with Crippen molar-refractivity contribution in [3.63, 3.8) is 0 Å². The standard InChI is InChI=1S/C78H52N10/c1-87-67-31-17-15-29-65(67)79-77(87)61-27-13-11-25-59(61)75-83-71(49-19-5-3-6-20-49)81-73(85-75)51-37-33-47(34-38-51)53-41-43-57-63(45-53)69-55-23-9-10-24-56(55)70(57)64-46-54(42-44-58(64)69)48-35-39-52(40-36-48)74-82-72(50-21-7-4-8-22-50)84-76(86-74)60-26-12-14-28-62(60)78-80-66-30-16-18-32-68(66)88(78)2/h3-46,69-70H,1-2H3. The number of fused-ring (bicyclic) bond motifs is 2. The van der Waals surface area contributed by atoms with E-state index in [1.165, 1.54) is 44.5 Å². The lowest BCUT2D eigenvalue weighted by atomic mass is 9.60. The summed E-state index contributed by atoms with van der Waals surface area (Å²) in [5.74, 6) is 5.47. The molecule has 3 aliphatic carbocycles. The summed E-state index contributed by atoms with van der Waals surface area (Å²) in [6.07, 6.45) is 0. The van der Waals surface area contributed by atoms with Crippen LogP contribution in [0.5, 0.6) is 0 Å². The predicted molar refractivity (Wildman–Crippen MR) is 351 cm³/mol. The molecular formula is C78H52N10. The van der Waals surface area contributed by atoms with Crippen molar-refractivity contribution in [3.05, 3.63) is 300 Å². The predicted octanol–water partition coefficient (Wildman–Crippen LogP) is 17.5. The number of hydrogen-bond donors (Lipinski definition) is 0. The van der Waals surface area contributed by atoms with Crippen LogP contribution < -0.4 is 0 Å². The lowest BCUT2D eigenvalue weighted by Gasteiger charge is -2.42. The highest BCUT2D eigenvalue weighted by Gasteiger charge is 2.41. The number of hydrogen-bond acceptors (Lipinski definition) is 8. The van der Waals surface area contributed by atoms with Crippen LogP contribution >= 0.6 is 0 Å². The van der Waals surface area contributed by atoms with E-state index in [4.69, 9.17) is 39.9 Å². The van der Waals surface area contributed by atoms with Crippen molar-refractivity contribution >= 4 is 22.1 Å². The van der Waals surface area contributed by atoms with Crippen LogP contribution in [0.1, 0.15) is 45.2 Å². The number of benzene rings is 11. The molecule has 0 spiro atoms. The first-order valence-corrected chi connectivity index (χ1v) is 29.7. The Bertz CT molecular complexity index is 4910. The quantitative estimate of drug-likeness (QED) is 0.133. The fourth-order valence-corrected chi connectivity index (χ4v) is 13.4. The zero-order chi connectivity index (χ0) is 58.4. The smallest absolute Gasteiger partial charge is 0.164 e. The van der Waals surface area contributed by atoms with Crippen molar-refractivity contribution in [2.24, 2.45) is 14.1 Å². The second kappa shape index (κ2) is 20.6. The molecule has 18 rings (SSSR count). The maximum absolute atomic E-state index is 5.21. The molecular weight excluding hydrogens is 1080 g/mol. The van der Waals surface area contributed by atoms with Crippen molar-refractivity contribution in [3.8, 4) is 113 Å². The van der Waals surface area contributed by atoms with Crippen molar-refractivity contribution < 1.29 is 0 Å². The summed E-state index contributed by atoms with van der Waals surface area (Å²) in [4.78, 5) is 41.1. The zero-order valence-electron chi connectivity index (χ0n) is 48.0. The second-order valence-electron chi connectivity index (χ2n) is 22.7. The van der Waals surface area contributed by atoms with Gasteiger partial charge in [-0.1, -0.05) is 231 Å². The maximum Gasteiger partial charge on any atom is 0.164 e. The van der Waals surface area contributed by atoms with Crippen molar-refractivity contribution in [1.29, 1.82) is 0 Å². The summed E-state index contributed by atoms with van der Waals surface area (Å²) in [5, 5.41) is 0. The SMILES string of the molecule is Cn1c(-c2ccccc2-c2nc(-c3ccccc3)nc(-c3ccc(-c4ccc5c(c4)C4c6ccccc6C5c5cc(-c6ccc(-c7nc(-c8ccccc8)nc(-c8ccccc8-c8nc9ccccc9n8C)n7)cc6)ccc54)cc3)n2)nc2ccccc21. The third-order valence-electron chi connectivity index (χ3n) is 17.7. The third-order valence-corrected chi connectivity index (χ3v) is 17.7. The lowest BCUT2D eigenvalue weighted by Crippen LogP contribution is -2.27. The van der Waals surface area contributed by atoms with Crippen molar-refractivity contribution in [1.82, 2.24) is 49.0 Å². The topological polar surface area (TPSA) is 113 Å². The minimum atomic E-state index is 0.0901. The second-order valence-corrected chi connectivity index (χ2v) is 22.7. The van der Waals surface area contributed by atoms with Gasteiger partial charge in [0.1, 0.15) is 11.6 Å². The first-order chi connectivity index (χ1) is 43.4. The van der Waals surface area contributed by atoms with Crippen LogP contribution in [-0.2, 0) is 14.1 Å². The lowest BCUT2D eigenvalue weighted by molar-refractivity contribution is 0.755. The molecule has 2 atom stereocenters. The zero-order valence-corrected chi connectivity index (χ0v) is 48.0. The average Bonchev–Trinajstić information content (AvgIpc) is 1.46. The number of aromatic nitrogens is 10. The van der Waals surface area contributed by atoms with Crippen LogP contribution in [0.3, 0.4) is 0 Å². The third kappa shape index (κ3) is 8.48. The highest BCUT2D eigenvalue weighted by molar-refractivity contribution is 5.88. The van der Waals surface area contributed by atoms with E-state index in [2.05, 4.69) is 169 Å². The van der Waals surface area contributed by atoms with Gasteiger partial charge in [0, 0.05) is 70.4 Å². The largest absolute Gasteiger partial charge is 0.327 e. The average molecular weight is 1130 g/mol. The Morgan fingerprint density at radius 3 is 0.920 bits per heavy atom. The van der Waals surface area contributed by atoms with Gasteiger partial charge in [0.15, 0.2) is 34.9 Å². The van der Waals surface area contributed by atoms with Gasteiger partial charge in [0.2, 0.25) is 0 Å². The first-order valence-electron chi connectivity index (χ1n) is 29.7. The summed E-state index contributed by atoms with van der Waals surface area (Å²) in [6, 6.07) is 93.7. The van der Waals surface area contributed by atoms with Crippen LogP contribution in [0.4, 0.5) is 0 Å². The Hall–Kier alpha value is -11.6. The van der Waals surface area contributed by atoms with E-state index < -0.39 is 0 Å². The molecule has 3 aliphatic rings. The van der Waals surface area contributed by atoms with Crippen molar-refractivity contribution in [2.75, 3.05) is 0 Å². The maximum atomic E-state index is 5.21. The highest BCUT2D eigenvalue weighted by atomic mass is 15.1. The molecule has 0 aliphatic heterocycles. The number of aryl methyl sites for hydroxylation is 2. The molecule has 0 fully saturated rings. The molecule has 10 heteroatoms. The molecule has 0 saturated heterocycles. The molecule has 88 heavy (non-hydrogen) atoms. The van der Waals surface area contributed by atoms with Gasteiger partial charge in [0.05, 0.1) is 22.1 Å². The van der Waals surface area contributed by atoms with E-state index in [0.717, 1.165) is 89.4 Å².